The lowest BCUT2D eigenvalue weighted by Gasteiger charge is -2.03. The molecule has 2 aromatic heterocycles. The Morgan fingerprint density at radius 3 is 2.34 bits per heavy atom. The molecule has 0 atom stereocenters. The summed E-state index contributed by atoms with van der Waals surface area (Å²) in [6.07, 6.45) is 1.29. The van der Waals surface area contributed by atoms with Crippen molar-refractivity contribution < 1.29 is 32.3 Å². The zero-order valence-electron chi connectivity index (χ0n) is 16.7. The molecular formula is C21H20F4N4O3. The molecule has 0 saturated carbocycles. The molecule has 1 amide bonds. The van der Waals surface area contributed by atoms with Crippen LogP contribution in [0.2, 0.25) is 0 Å². The van der Waals surface area contributed by atoms with E-state index >= 15 is 0 Å². The van der Waals surface area contributed by atoms with Crippen LogP contribution in [0.5, 0.6) is 0 Å². The summed E-state index contributed by atoms with van der Waals surface area (Å²) >= 11 is 0. The molecule has 170 valence electrons. The second-order valence-electron chi connectivity index (χ2n) is 6.52. The van der Waals surface area contributed by atoms with Gasteiger partial charge in [0.15, 0.2) is 0 Å². The number of aryl methyl sites for hydroxylation is 1. The van der Waals surface area contributed by atoms with E-state index in [2.05, 4.69) is 20.5 Å². The van der Waals surface area contributed by atoms with Crippen molar-refractivity contribution in [3.8, 4) is 11.3 Å². The molecule has 1 aromatic carbocycles. The number of hydrogen-bond donors (Lipinski definition) is 3. The molecule has 2 heterocycles. The average molecular weight is 452 g/mol. The fourth-order valence-electron chi connectivity index (χ4n) is 2.55. The molecule has 0 radical (unpaired) electrons. The summed E-state index contributed by atoms with van der Waals surface area (Å²) in [7, 11) is 0. The quantitative estimate of drug-likeness (QED) is 0.371. The van der Waals surface area contributed by atoms with E-state index in [0.717, 1.165) is 19.3 Å². The number of carboxylic acids is 1. The van der Waals surface area contributed by atoms with E-state index < -0.39 is 12.1 Å². The normalized spacial score (nSPS) is 10.8. The highest BCUT2D eigenvalue weighted by molar-refractivity contribution is 5.93. The highest BCUT2D eigenvalue weighted by Crippen LogP contribution is 2.20. The standard InChI is InChI=1S/C19H19FN4O.C2HF3O2/c20-16-7-2-1-6-15(16)17-13-18(24-23-17)19(25)22-10-4-3-5-14-8-11-21-12-9-14;3-2(4,5)1(6)7/h1-2,6-9,11-13H,3-5,10H2,(H,22,25)(H,23,24);(H,6,7). The minimum Gasteiger partial charge on any atom is -0.475 e. The van der Waals surface area contributed by atoms with Crippen molar-refractivity contribution in [3.63, 3.8) is 0 Å². The van der Waals surface area contributed by atoms with Crippen LogP contribution >= 0.6 is 0 Å². The number of alkyl halides is 3. The van der Waals surface area contributed by atoms with E-state index in [1.165, 1.54) is 11.6 Å². The van der Waals surface area contributed by atoms with E-state index in [4.69, 9.17) is 9.90 Å². The Morgan fingerprint density at radius 2 is 1.72 bits per heavy atom. The second-order valence-corrected chi connectivity index (χ2v) is 6.52. The van der Waals surface area contributed by atoms with Gasteiger partial charge >= 0.3 is 12.1 Å². The Hall–Kier alpha value is -3.76. The van der Waals surface area contributed by atoms with E-state index in [1.54, 1.807) is 36.7 Å². The maximum absolute atomic E-state index is 13.8. The highest BCUT2D eigenvalue weighted by atomic mass is 19.4. The van der Waals surface area contributed by atoms with E-state index in [1.807, 2.05) is 12.1 Å². The van der Waals surface area contributed by atoms with Crippen LogP contribution in [-0.2, 0) is 11.2 Å². The van der Waals surface area contributed by atoms with Crippen LogP contribution < -0.4 is 5.32 Å². The van der Waals surface area contributed by atoms with Gasteiger partial charge in [-0.15, -0.1) is 0 Å². The van der Waals surface area contributed by atoms with Crippen LogP contribution in [0.4, 0.5) is 17.6 Å². The Balaban J connectivity index is 0.000000451. The fourth-order valence-corrected chi connectivity index (χ4v) is 2.55. The zero-order chi connectivity index (χ0) is 23.6. The SMILES string of the molecule is O=C(NCCCCc1ccncc1)c1cc(-c2ccccc2F)n[nH]1.O=C(O)C(F)(F)F. The first kappa shape index (κ1) is 24.5. The first-order valence-corrected chi connectivity index (χ1v) is 9.46. The minimum absolute atomic E-state index is 0.237. The lowest BCUT2D eigenvalue weighted by Crippen LogP contribution is -2.24. The number of aliphatic carboxylic acids is 1. The molecule has 0 spiro atoms. The monoisotopic (exact) mass is 452 g/mol. The lowest BCUT2D eigenvalue weighted by atomic mass is 10.1. The van der Waals surface area contributed by atoms with Crippen molar-refractivity contribution in [1.82, 2.24) is 20.5 Å². The highest BCUT2D eigenvalue weighted by Gasteiger charge is 2.38. The molecule has 3 N–H and O–H groups in total. The van der Waals surface area contributed by atoms with Gasteiger partial charge in [0, 0.05) is 24.5 Å². The molecule has 0 fully saturated rings. The van der Waals surface area contributed by atoms with Gasteiger partial charge in [-0.25, -0.2) is 9.18 Å². The Kier molecular flexibility index (Phi) is 8.87. The molecule has 3 aromatic rings. The Labute approximate surface area is 180 Å². The van der Waals surface area contributed by atoms with Gasteiger partial charge in [-0.05, 0) is 55.2 Å². The van der Waals surface area contributed by atoms with Crippen LogP contribution in [0.15, 0.2) is 54.9 Å². The summed E-state index contributed by atoms with van der Waals surface area (Å²) < 4.78 is 45.5. The first-order chi connectivity index (χ1) is 15.2. The summed E-state index contributed by atoms with van der Waals surface area (Å²) in [6.45, 7) is 0.581. The topological polar surface area (TPSA) is 108 Å². The van der Waals surface area contributed by atoms with Gasteiger partial charge in [0.2, 0.25) is 0 Å². The number of halogens is 4. The van der Waals surface area contributed by atoms with Gasteiger partial charge in [-0.2, -0.15) is 18.3 Å². The van der Waals surface area contributed by atoms with Crippen molar-refractivity contribution in [2.75, 3.05) is 6.54 Å². The lowest BCUT2D eigenvalue weighted by molar-refractivity contribution is -0.192. The summed E-state index contributed by atoms with van der Waals surface area (Å²) in [5.41, 5.74) is 2.35. The summed E-state index contributed by atoms with van der Waals surface area (Å²) in [4.78, 5) is 25.0. The fraction of sp³-hybridized carbons (Fsp3) is 0.238. The molecule has 0 aliphatic carbocycles. The molecule has 0 unspecified atom stereocenters. The number of amides is 1. The molecule has 32 heavy (non-hydrogen) atoms. The number of hydrogen-bond acceptors (Lipinski definition) is 4. The third-order valence-corrected chi connectivity index (χ3v) is 4.14. The molecule has 3 rings (SSSR count). The van der Waals surface area contributed by atoms with Crippen LogP contribution in [0, 0.1) is 5.82 Å². The minimum atomic E-state index is -5.08. The van der Waals surface area contributed by atoms with Crippen molar-refractivity contribution in [2.24, 2.45) is 0 Å². The number of nitrogens with zero attached hydrogens (tertiary/aromatic N) is 2. The van der Waals surface area contributed by atoms with Crippen molar-refractivity contribution in [2.45, 2.75) is 25.4 Å². The second kappa shape index (κ2) is 11.6. The van der Waals surface area contributed by atoms with E-state index in [0.29, 0.717) is 23.5 Å². The Bertz CT molecular complexity index is 1020. The number of benzene rings is 1. The number of carbonyl (C=O) groups excluding carboxylic acids is 1. The number of aromatic amines is 1. The van der Waals surface area contributed by atoms with Gasteiger partial charge in [0.1, 0.15) is 11.5 Å². The number of nitrogens with one attached hydrogen (secondary N) is 2. The third kappa shape index (κ3) is 7.82. The molecule has 0 aliphatic rings. The number of H-pyrrole nitrogens is 1. The number of rotatable bonds is 7. The third-order valence-electron chi connectivity index (χ3n) is 4.14. The van der Waals surface area contributed by atoms with Gasteiger partial charge in [0.25, 0.3) is 5.91 Å². The van der Waals surface area contributed by atoms with Gasteiger partial charge in [-0.1, -0.05) is 12.1 Å². The largest absolute Gasteiger partial charge is 0.490 e. The van der Waals surface area contributed by atoms with Crippen LogP contribution in [0.3, 0.4) is 0 Å². The molecule has 11 heteroatoms. The molecule has 0 bridgehead atoms. The summed E-state index contributed by atoms with van der Waals surface area (Å²) in [6, 6.07) is 11.9. The van der Waals surface area contributed by atoms with Gasteiger partial charge < -0.3 is 10.4 Å². The number of carbonyl (C=O) groups is 2. The van der Waals surface area contributed by atoms with Crippen molar-refractivity contribution in [1.29, 1.82) is 0 Å². The predicted molar refractivity (Wildman–Crippen MR) is 107 cm³/mol. The molecular weight excluding hydrogens is 432 g/mol. The van der Waals surface area contributed by atoms with E-state index in [-0.39, 0.29) is 11.7 Å². The Morgan fingerprint density at radius 1 is 1.06 bits per heavy atom. The van der Waals surface area contributed by atoms with Crippen molar-refractivity contribution >= 4 is 11.9 Å². The summed E-state index contributed by atoms with van der Waals surface area (Å²) in [5.74, 6) is -3.36. The van der Waals surface area contributed by atoms with Gasteiger partial charge in [0.05, 0.1) is 5.69 Å². The number of aromatic nitrogens is 3. The van der Waals surface area contributed by atoms with Crippen LogP contribution in [0.1, 0.15) is 28.9 Å². The average Bonchev–Trinajstić information content (AvgIpc) is 3.24. The van der Waals surface area contributed by atoms with E-state index in [9.17, 15) is 22.4 Å². The number of carboxylic acid groups (broad SMARTS) is 1. The molecule has 0 saturated heterocycles. The molecule has 7 nitrogen and oxygen atoms in total. The maximum Gasteiger partial charge on any atom is 0.490 e. The zero-order valence-corrected chi connectivity index (χ0v) is 16.7. The van der Waals surface area contributed by atoms with Crippen LogP contribution in [0.25, 0.3) is 11.3 Å². The number of pyridine rings is 1. The van der Waals surface area contributed by atoms with Crippen LogP contribution in [-0.4, -0.2) is 44.9 Å². The van der Waals surface area contributed by atoms with Crippen molar-refractivity contribution in [3.05, 3.63) is 71.9 Å². The first-order valence-electron chi connectivity index (χ1n) is 9.46. The maximum atomic E-state index is 13.8. The molecule has 0 aliphatic heterocycles. The summed E-state index contributed by atoms with van der Waals surface area (Å²) in [5, 5.41) is 16.7. The smallest absolute Gasteiger partial charge is 0.475 e. The predicted octanol–water partition coefficient (Wildman–Crippen LogP) is 4.00. The van der Waals surface area contributed by atoms with Gasteiger partial charge in [-0.3, -0.25) is 14.9 Å². The number of unbranched alkanes of at least 4 members (excludes halogenated alkanes) is 1.